The van der Waals surface area contributed by atoms with Crippen molar-refractivity contribution in [2.75, 3.05) is 0 Å². The van der Waals surface area contributed by atoms with E-state index in [0.29, 0.717) is 27.9 Å². The minimum Gasteiger partial charge on any atom is -0.298 e. The van der Waals surface area contributed by atoms with Crippen LogP contribution >= 0.6 is 10.7 Å². The lowest BCUT2D eigenvalue weighted by Crippen LogP contribution is -2.28. The van der Waals surface area contributed by atoms with Gasteiger partial charge in [0.1, 0.15) is 0 Å². The molecule has 0 bridgehead atoms. The average molecular weight is 285 g/mol. The van der Waals surface area contributed by atoms with E-state index < -0.39 is 9.05 Å². The summed E-state index contributed by atoms with van der Waals surface area (Å²) in [5, 5.41) is 1.27. The lowest BCUT2D eigenvalue weighted by molar-refractivity contribution is -0.103. The standard InChI is InChI=1S/C13H13ClO3S/c1-4-10-7-11(18(14,16)17)5-6-12(10)13(8-15)9(2)3/h4-8H,2H2,1,3H3/b10-4?,13-12-. The van der Waals surface area contributed by atoms with Gasteiger partial charge in [-0.15, -0.1) is 0 Å². The third-order valence-electron chi connectivity index (χ3n) is 2.48. The number of halogens is 1. The Hall–Kier alpha value is -1.39. The molecule has 0 amide bonds. The van der Waals surface area contributed by atoms with Gasteiger partial charge < -0.3 is 0 Å². The van der Waals surface area contributed by atoms with Gasteiger partial charge in [0.15, 0.2) is 6.29 Å². The molecule has 18 heavy (non-hydrogen) atoms. The highest BCUT2D eigenvalue weighted by atomic mass is 35.7. The molecule has 1 aromatic rings. The van der Waals surface area contributed by atoms with Gasteiger partial charge in [-0.3, -0.25) is 4.79 Å². The largest absolute Gasteiger partial charge is 0.298 e. The van der Waals surface area contributed by atoms with E-state index in [1.165, 1.54) is 12.1 Å². The summed E-state index contributed by atoms with van der Waals surface area (Å²) in [6, 6.07) is 4.37. The van der Waals surface area contributed by atoms with E-state index in [1.807, 2.05) is 0 Å². The second kappa shape index (κ2) is 5.50. The Labute approximate surface area is 111 Å². The van der Waals surface area contributed by atoms with Crippen LogP contribution in [0.3, 0.4) is 0 Å². The first kappa shape index (κ1) is 14.7. The zero-order chi connectivity index (χ0) is 13.9. The van der Waals surface area contributed by atoms with Crippen molar-refractivity contribution < 1.29 is 13.2 Å². The molecule has 0 atom stereocenters. The first-order chi connectivity index (χ1) is 8.31. The molecule has 0 fully saturated rings. The molecule has 0 spiro atoms. The van der Waals surface area contributed by atoms with Crippen LogP contribution in [0.1, 0.15) is 13.8 Å². The van der Waals surface area contributed by atoms with Crippen molar-refractivity contribution in [2.24, 2.45) is 0 Å². The zero-order valence-corrected chi connectivity index (χ0v) is 11.7. The monoisotopic (exact) mass is 284 g/mol. The topological polar surface area (TPSA) is 51.2 Å². The highest BCUT2D eigenvalue weighted by Crippen LogP contribution is 2.11. The van der Waals surface area contributed by atoms with Crippen LogP contribution in [0, 0.1) is 0 Å². The fourth-order valence-electron chi connectivity index (χ4n) is 1.57. The fourth-order valence-corrected chi connectivity index (χ4v) is 2.36. The molecule has 0 saturated heterocycles. The van der Waals surface area contributed by atoms with Crippen LogP contribution in [0.25, 0.3) is 11.6 Å². The van der Waals surface area contributed by atoms with Crippen molar-refractivity contribution in [1.29, 1.82) is 0 Å². The Morgan fingerprint density at radius 3 is 2.39 bits per heavy atom. The molecule has 0 saturated carbocycles. The maximum absolute atomic E-state index is 11.2. The van der Waals surface area contributed by atoms with Crippen molar-refractivity contribution in [2.45, 2.75) is 18.7 Å². The molecule has 0 unspecified atom stereocenters. The van der Waals surface area contributed by atoms with Crippen molar-refractivity contribution in [1.82, 2.24) is 0 Å². The first-order valence-corrected chi connectivity index (χ1v) is 7.48. The number of allylic oxidation sites excluding steroid dienone is 1. The summed E-state index contributed by atoms with van der Waals surface area (Å²) < 4.78 is 22.5. The lowest BCUT2D eigenvalue weighted by atomic mass is 10.1. The number of aldehydes is 1. The minimum atomic E-state index is -3.77. The van der Waals surface area contributed by atoms with Crippen LogP contribution in [0.5, 0.6) is 0 Å². The van der Waals surface area contributed by atoms with E-state index in [0.717, 1.165) is 0 Å². The fraction of sp³-hybridized carbons (Fsp3) is 0.154. The molecule has 0 aliphatic carbocycles. The second-order valence-electron chi connectivity index (χ2n) is 3.79. The Balaban J connectivity index is 3.83. The highest BCUT2D eigenvalue weighted by molar-refractivity contribution is 8.13. The van der Waals surface area contributed by atoms with Gasteiger partial charge in [-0.25, -0.2) is 8.42 Å². The van der Waals surface area contributed by atoms with E-state index in [2.05, 4.69) is 6.58 Å². The van der Waals surface area contributed by atoms with Gasteiger partial charge in [-0.1, -0.05) is 18.7 Å². The smallest absolute Gasteiger partial charge is 0.261 e. The summed E-state index contributed by atoms with van der Waals surface area (Å²) in [7, 11) is 1.51. The van der Waals surface area contributed by atoms with Gasteiger partial charge in [-0.2, -0.15) is 0 Å². The van der Waals surface area contributed by atoms with Gasteiger partial charge in [0, 0.05) is 16.3 Å². The van der Waals surface area contributed by atoms with E-state index >= 15 is 0 Å². The quantitative estimate of drug-likeness (QED) is 0.622. The number of benzene rings is 1. The minimum absolute atomic E-state index is 0.00739. The predicted molar refractivity (Wildman–Crippen MR) is 73.2 cm³/mol. The molecular formula is C13H13ClO3S. The van der Waals surface area contributed by atoms with Crippen molar-refractivity contribution in [3.8, 4) is 0 Å². The van der Waals surface area contributed by atoms with Gasteiger partial charge in [0.2, 0.25) is 0 Å². The molecule has 5 heteroatoms. The average Bonchev–Trinajstić information content (AvgIpc) is 2.28. The number of hydrogen-bond donors (Lipinski definition) is 0. The van der Waals surface area contributed by atoms with Crippen molar-refractivity contribution >= 4 is 37.7 Å². The maximum Gasteiger partial charge on any atom is 0.261 e. The van der Waals surface area contributed by atoms with Gasteiger partial charge in [-0.05, 0) is 42.0 Å². The Bertz CT molecular complexity index is 715. The molecule has 3 nitrogen and oxygen atoms in total. The molecule has 0 N–H and O–H groups in total. The second-order valence-corrected chi connectivity index (χ2v) is 6.35. The molecular weight excluding hydrogens is 272 g/mol. The summed E-state index contributed by atoms with van der Waals surface area (Å²) in [5.74, 6) is 0. The molecule has 0 aliphatic rings. The molecule has 0 heterocycles. The van der Waals surface area contributed by atoms with E-state index in [-0.39, 0.29) is 4.90 Å². The predicted octanol–water partition coefficient (Wildman–Crippen LogP) is 1.34. The molecule has 1 aromatic carbocycles. The molecule has 0 aromatic heterocycles. The summed E-state index contributed by atoms with van der Waals surface area (Å²) in [5.41, 5.74) is 1.07. The van der Waals surface area contributed by atoms with Gasteiger partial charge in [0.05, 0.1) is 4.90 Å². The Morgan fingerprint density at radius 1 is 1.39 bits per heavy atom. The van der Waals surface area contributed by atoms with Crippen LogP contribution in [-0.4, -0.2) is 14.7 Å². The van der Waals surface area contributed by atoms with E-state index in [1.54, 1.807) is 26.0 Å². The maximum atomic E-state index is 11.2. The molecule has 0 radical (unpaired) electrons. The summed E-state index contributed by atoms with van der Waals surface area (Å²) in [4.78, 5) is 11.0. The summed E-state index contributed by atoms with van der Waals surface area (Å²) in [6.07, 6.45) is 2.42. The van der Waals surface area contributed by atoms with Crippen LogP contribution < -0.4 is 10.4 Å². The molecule has 1 rings (SSSR count). The highest BCUT2D eigenvalue weighted by Gasteiger charge is 2.10. The Kier molecular flexibility index (Phi) is 4.48. The normalized spacial score (nSPS) is 14.3. The third kappa shape index (κ3) is 3.09. The Morgan fingerprint density at radius 2 is 2.00 bits per heavy atom. The molecule has 0 aliphatic heterocycles. The van der Waals surface area contributed by atoms with E-state index in [4.69, 9.17) is 10.7 Å². The van der Waals surface area contributed by atoms with Crippen molar-refractivity contribution in [3.63, 3.8) is 0 Å². The molecule has 96 valence electrons. The number of rotatable bonds is 3. The first-order valence-electron chi connectivity index (χ1n) is 5.17. The number of carbonyl (C=O) groups is 1. The zero-order valence-electron chi connectivity index (χ0n) is 10.1. The summed E-state index contributed by atoms with van der Waals surface area (Å²) in [6.45, 7) is 7.19. The van der Waals surface area contributed by atoms with Crippen LogP contribution in [-0.2, 0) is 13.8 Å². The van der Waals surface area contributed by atoms with Gasteiger partial charge in [0.25, 0.3) is 9.05 Å². The van der Waals surface area contributed by atoms with Gasteiger partial charge >= 0.3 is 0 Å². The number of carbonyl (C=O) groups excluding carboxylic acids is 1. The van der Waals surface area contributed by atoms with Crippen molar-refractivity contribution in [3.05, 3.63) is 40.8 Å². The number of hydrogen-bond acceptors (Lipinski definition) is 3. The summed E-state index contributed by atoms with van der Waals surface area (Å²) >= 11 is 0. The SMILES string of the molecule is C=C(C)/C(C=O)=c1/ccc(S(=O)(=O)Cl)cc1=CC. The van der Waals surface area contributed by atoms with Crippen LogP contribution in [0.15, 0.2) is 35.2 Å². The third-order valence-corrected chi connectivity index (χ3v) is 3.83. The van der Waals surface area contributed by atoms with Crippen LogP contribution in [0.4, 0.5) is 0 Å². The van der Waals surface area contributed by atoms with Crippen LogP contribution in [0.2, 0.25) is 0 Å². The van der Waals surface area contributed by atoms with E-state index in [9.17, 15) is 13.2 Å². The lowest BCUT2D eigenvalue weighted by Gasteiger charge is -2.01.